The average molecular weight is 354 g/mol. The van der Waals surface area contributed by atoms with Crippen molar-refractivity contribution in [2.45, 2.75) is 13.1 Å². The van der Waals surface area contributed by atoms with E-state index in [1.165, 1.54) is 37.3 Å². The molecule has 0 fully saturated rings. The Morgan fingerprint density at radius 3 is 2.52 bits per heavy atom. The van der Waals surface area contributed by atoms with Crippen molar-refractivity contribution in [3.63, 3.8) is 0 Å². The van der Waals surface area contributed by atoms with Crippen molar-refractivity contribution in [3.8, 4) is 5.75 Å². The molecule has 0 saturated heterocycles. The number of para-hydroxylation sites is 1. The Hall–Kier alpha value is -3.10. The number of benzene rings is 2. The largest absolute Gasteiger partial charge is 0.483 e. The molecule has 0 atom stereocenters. The first kappa shape index (κ1) is 18.2. The molecule has 1 amide bonds. The summed E-state index contributed by atoms with van der Waals surface area (Å²) in [5, 5.41) is 13.2. The fourth-order valence-electron chi connectivity index (χ4n) is 2.11. The van der Waals surface area contributed by atoms with E-state index in [4.69, 9.17) is 4.74 Å². The zero-order valence-corrected chi connectivity index (χ0v) is 13.0. The summed E-state index contributed by atoms with van der Waals surface area (Å²) in [6.45, 7) is 0.781. The smallest absolute Gasteiger partial charge is 0.419 e. The van der Waals surface area contributed by atoms with Gasteiger partial charge in [0.15, 0.2) is 6.61 Å². The number of halogens is 3. The predicted octanol–water partition coefficient (Wildman–Crippen LogP) is 3.94. The second-order valence-corrected chi connectivity index (χ2v) is 5.04. The summed E-state index contributed by atoms with van der Waals surface area (Å²) in [6.07, 6.45) is -4.61. The fraction of sp³-hybridized carbons (Fsp3) is 0.188. The van der Waals surface area contributed by atoms with Gasteiger partial charge in [0.25, 0.3) is 11.6 Å². The van der Waals surface area contributed by atoms with Crippen LogP contribution in [0.15, 0.2) is 42.5 Å². The highest BCUT2D eigenvalue weighted by Gasteiger charge is 2.34. The average Bonchev–Trinajstić information content (AvgIpc) is 2.54. The van der Waals surface area contributed by atoms with E-state index in [-0.39, 0.29) is 16.9 Å². The second-order valence-electron chi connectivity index (χ2n) is 5.04. The summed E-state index contributed by atoms with van der Waals surface area (Å²) in [5.41, 5.74) is -0.751. The van der Waals surface area contributed by atoms with Gasteiger partial charge in [0.05, 0.1) is 21.7 Å². The topological polar surface area (TPSA) is 81.5 Å². The summed E-state index contributed by atoms with van der Waals surface area (Å²) in [7, 11) is 0. The van der Waals surface area contributed by atoms with Gasteiger partial charge in [-0.05, 0) is 25.1 Å². The fourth-order valence-corrected chi connectivity index (χ4v) is 2.11. The molecule has 0 radical (unpaired) electrons. The minimum atomic E-state index is -4.61. The van der Waals surface area contributed by atoms with Crippen LogP contribution in [0.4, 0.5) is 24.5 Å². The van der Waals surface area contributed by atoms with Gasteiger partial charge in [-0.3, -0.25) is 14.9 Å². The first-order valence-electron chi connectivity index (χ1n) is 7.03. The molecule has 0 spiro atoms. The molecule has 2 aromatic carbocycles. The number of nitro groups is 1. The Labute approximate surface area is 140 Å². The van der Waals surface area contributed by atoms with E-state index < -0.39 is 34.9 Å². The molecule has 2 aromatic rings. The Balaban J connectivity index is 2.08. The summed E-state index contributed by atoms with van der Waals surface area (Å²) in [4.78, 5) is 22.2. The van der Waals surface area contributed by atoms with Gasteiger partial charge < -0.3 is 10.1 Å². The van der Waals surface area contributed by atoms with Crippen LogP contribution in [0, 0.1) is 17.0 Å². The predicted molar refractivity (Wildman–Crippen MR) is 83.4 cm³/mol. The second kappa shape index (κ2) is 7.20. The van der Waals surface area contributed by atoms with Gasteiger partial charge in [-0.1, -0.05) is 18.2 Å². The van der Waals surface area contributed by atoms with Crippen molar-refractivity contribution in [2.24, 2.45) is 0 Å². The number of hydrogen-bond acceptors (Lipinski definition) is 4. The number of ether oxygens (including phenoxy) is 1. The molecule has 132 valence electrons. The Morgan fingerprint density at radius 2 is 1.88 bits per heavy atom. The summed E-state index contributed by atoms with van der Waals surface area (Å²) in [6, 6.07) is 8.63. The first-order chi connectivity index (χ1) is 11.7. The lowest BCUT2D eigenvalue weighted by Gasteiger charge is -2.14. The minimum Gasteiger partial charge on any atom is -0.483 e. The van der Waals surface area contributed by atoms with E-state index in [1.807, 2.05) is 0 Å². The SMILES string of the molecule is Cc1c(NC(=O)COc2ccccc2C(F)(F)F)cccc1[N+](=O)[O-]. The molecule has 25 heavy (non-hydrogen) atoms. The highest BCUT2D eigenvalue weighted by molar-refractivity contribution is 5.93. The third kappa shape index (κ3) is 4.46. The Morgan fingerprint density at radius 1 is 1.20 bits per heavy atom. The number of nitro benzene ring substituents is 1. The van der Waals surface area contributed by atoms with E-state index in [2.05, 4.69) is 5.32 Å². The minimum absolute atomic E-state index is 0.180. The normalized spacial score (nSPS) is 11.0. The van der Waals surface area contributed by atoms with Crippen molar-refractivity contribution >= 4 is 17.3 Å². The number of hydrogen-bond donors (Lipinski definition) is 1. The van der Waals surface area contributed by atoms with E-state index in [1.54, 1.807) is 0 Å². The van der Waals surface area contributed by atoms with Gasteiger partial charge in [-0.25, -0.2) is 0 Å². The van der Waals surface area contributed by atoms with Gasteiger partial charge in [0.1, 0.15) is 5.75 Å². The van der Waals surface area contributed by atoms with Crippen molar-refractivity contribution in [1.29, 1.82) is 0 Å². The molecule has 0 bridgehead atoms. The molecule has 0 heterocycles. The monoisotopic (exact) mass is 354 g/mol. The van der Waals surface area contributed by atoms with Crippen LogP contribution in [0.2, 0.25) is 0 Å². The number of anilines is 1. The van der Waals surface area contributed by atoms with Gasteiger partial charge in [0.2, 0.25) is 0 Å². The van der Waals surface area contributed by atoms with Crippen LogP contribution < -0.4 is 10.1 Å². The summed E-state index contributed by atoms with van der Waals surface area (Å²) < 4.78 is 43.5. The van der Waals surface area contributed by atoms with Gasteiger partial charge >= 0.3 is 6.18 Å². The Bertz CT molecular complexity index is 806. The number of nitrogens with zero attached hydrogens (tertiary/aromatic N) is 1. The van der Waals surface area contributed by atoms with Gasteiger partial charge in [-0.15, -0.1) is 0 Å². The van der Waals surface area contributed by atoms with Crippen LogP contribution in [-0.4, -0.2) is 17.4 Å². The molecule has 0 unspecified atom stereocenters. The van der Waals surface area contributed by atoms with Crippen LogP contribution in [0.3, 0.4) is 0 Å². The van der Waals surface area contributed by atoms with Crippen LogP contribution in [-0.2, 0) is 11.0 Å². The van der Waals surface area contributed by atoms with Crippen molar-refractivity contribution in [1.82, 2.24) is 0 Å². The molecule has 0 aliphatic carbocycles. The van der Waals surface area contributed by atoms with E-state index in [9.17, 15) is 28.1 Å². The molecular formula is C16H13F3N2O4. The van der Waals surface area contributed by atoms with Crippen molar-refractivity contribution < 1.29 is 27.6 Å². The van der Waals surface area contributed by atoms with Gasteiger partial charge in [0, 0.05) is 6.07 Å². The third-order valence-corrected chi connectivity index (χ3v) is 3.33. The van der Waals surface area contributed by atoms with Crippen molar-refractivity contribution in [2.75, 3.05) is 11.9 Å². The van der Waals surface area contributed by atoms with Gasteiger partial charge in [-0.2, -0.15) is 13.2 Å². The number of rotatable bonds is 5. The first-order valence-corrected chi connectivity index (χ1v) is 7.03. The number of amides is 1. The van der Waals surface area contributed by atoms with Crippen LogP contribution in [0.1, 0.15) is 11.1 Å². The van der Waals surface area contributed by atoms with E-state index >= 15 is 0 Å². The zero-order chi connectivity index (χ0) is 18.6. The lowest BCUT2D eigenvalue weighted by molar-refractivity contribution is -0.385. The number of alkyl halides is 3. The highest BCUT2D eigenvalue weighted by atomic mass is 19.4. The molecule has 0 saturated carbocycles. The molecule has 9 heteroatoms. The molecule has 2 rings (SSSR count). The van der Waals surface area contributed by atoms with Crippen LogP contribution in [0.25, 0.3) is 0 Å². The van der Waals surface area contributed by atoms with Crippen molar-refractivity contribution in [3.05, 3.63) is 63.7 Å². The lowest BCUT2D eigenvalue weighted by atomic mass is 10.1. The maximum atomic E-state index is 12.8. The summed E-state index contributed by atoms with van der Waals surface area (Å²) in [5.74, 6) is -1.21. The molecule has 1 N–H and O–H groups in total. The molecule has 0 aromatic heterocycles. The number of carbonyl (C=O) groups is 1. The standard InChI is InChI=1S/C16H13F3N2O4/c1-10-12(6-4-7-13(10)21(23)24)20-15(22)9-25-14-8-3-2-5-11(14)16(17,18)19/h2-8H,9H2,1H3,(H,20,22). The van der Waals surface area contributed by atoms with Crippen LogP contribution in [0.5, 0.6) is 5.75 Å². The number of carbonyl (C=O) groups excluding carboxylic acids is 1. The molecular weight excluding hydrogens is 341 g/mol. The zero-order valence-electron chi connectivity index (χ0n) is 13.0. The summed E-state index contributed by atoms with van der Waals surface area (Å²) >= 11 is 0. The van der Waals surface area contributed by atoms with E-state index in [0.717, 1.165) is 12.1 Å². The number of nitrogens with one attached hydrogen (secondary N) is 1. The molecule has 0 aliphatic rings. The molecule has 6 nitrogen and oxygen atoms in total. The maximum Gasteiger partial charge on any atom is 0.419 e. The highest BCUT2D eigenvalue weighted by Crippen LogP contribution is 2.35. The lowest BCUT2D eigenvalue weighted by Crippen LogP contribution is -2.21. The van der Waals surface area contributed by atoms with E-state index in [0.29, 0.717) is 0 Å². The maximum absolute atomic E-state index is 12.8. The Kier molecular flexibility index (Phi) is 5.26. The quantitative estimate of drug-likeness (QED) is 0.651. The molecule has 0 aliphatic heterocycles. The van der Waals surface area contributed by atoms with Crippen LogP contribution >= 0.6 is 0 Å². The third-order valence-electron chi connectivity index (χ3n) is 3.33.